The molecule has 0 unspecified atom stereocenters. The molecule has 0 radical (unpaired) electrons. The number of thiazole rings is 1. The van der Waals surface area contributed by atoms with Crippen molar-refractivity contribution in [2.24, 2.45) is 5.92 Å². The highest BCUT2D eigenvalue weighted by Crippen LogP contribution is 2.28. The van der Waals surface area contributed by atoms with Crippen molar-refractivity contribution in [2.75, 3.05) is 29.9 Å². The minimum atomic E-state index is -0.0120. The molecule has 3 aromatic rings. The number of rotatable bonds is 8. The van der Waals surface area contributed by atoms with Crippen molar-refractivity contribution in [3.8, 4) is 0 Å². The maximum Gasteiger partial charge on any atom is 0.188 e. The highest BCUT2D eigenvalue weighted by atomic mass is 35.5. The number of carbonyl (C=O) groups is 1. The van der Waals surface area contributed by atoms with Crippen molar-refractivity contribution in [3.63, 3.8) is 0 Å². The van der Waals surface area contributed by atoms with Gasteiger partial charge in [0.1, 0.15) is 17.5 Å². The minimum absolute atomic E-state index is 0.0120. The number of nitrogens with one attached hydrogen (secondary N) is 1. The lowest BCUT2D eigenvalue weighted by Gasteiger charge is -2.32. The molecule has 0 atom stereocenters. The topological polar surface area (TPSA) is 91.2 Å². The van der Waals surface area contributed by atoms with Crippen molar-refractivity contribution < 1.29 is 9.90 Å². The summed E-state index contributed by atoms with van der Waals surface area (Å²) in [4.78, 5) is 29.1. The molecule has 7 nitrogen and oxygen atoms in total. The van der Waals surface area contributed by atoms with Crippen LogP contribution in [0.25, 0.3) is 0 Å². The lowest BCUT2D eigenvalue weighted by Crippen LogP contribution is -2.34. The van der Waals surface area contributed by atoms with Gasteiger partial charge in [0, 0.05) is 37.2 Å². The van der Waals surface area contributed by atoms with E-state index in [0.717, 1.165) is 49.3 Å². The summed E-state index contributed by atoms with van der Waals surface area (Å²) < 4.78 is 0. The van der Waals surface area contributed by atoms with Crippen LogP contribution in [0.2, 0.25) is 5.02 Å². The standard InChI is InChI=1S/C24H28ClN5O2S/c1-15-4-3-5-19(25)18(15)12-20(32)21-14-26-24(33-21)29-22-13-23(28-16(2)27-22)30-9-6-17(7-10-30)8-11-31/h3-5,13-14,17,31H,6-12H2,1-2H3,(H,26,27,28,29). The Bertz CT molecular complexity index is 1110. The highest BCUT2D eigenvalue weighted by Gasteiger charge is 2.21. The number of anilines is 3. The predicted molar refractivity (Wildman–Crippen MR) is 133 cm³/mol. The SMILES string of the molecule is Cc1nc(Nc2ncc(C(=O)Cc3c(C)cccc3Cl)s2)cc(N2CCC(CCO)CC2)n1. The fourth-order valence-electron chi connectivity index (χ4n) is 4.12. The summed E-state index contributed by atoms with van der Waals surface area (Å²) in [6, 6.07) is 7.57. The van der Waals surface area contributed by atoms with Gasteiger partial charge >= 0.3 is 0 Å². The molecule has 1 fully saturated rings. The molecule has 1 saturated heterocycles. The number of piperidine rings is 1. The van der Waals surface area contributed by atoms with Crippen LogP contribution in [0.15, 0.2) is 30.5 Å². The molecule has 0 bridgehead atoms. The molecule has 0 aliphatic carbocycles. The molecule has 174 valence electrons. The van der Waals surface area contributed by atoms with E-state index in [1.54, 1.807) is 12.3 Å². The maximum absolute atomic E-state index is 12.8. The number of aliphatic hydroxyl groups excluding tert-OH is 1. The van der Waals surface area contributed by atoms with Crippen LogP contribution >= 0.6 is 22.9 Å². The van der Waals surface area contributed by atoms with E-state index in [9.17, 15) is 9.90 Å². The summed E-state index contributed by atoms with van der Waals surface area (Å²) >= 11 is 7.59. The molecule has 1 aliphatic rings. The second-order valence-electron chi connectivity index (χ2n) is 8.39. The van der Waals surface area contributed by atoms with E-state index in [4.69, 9.17) is 11.6 Å². The second-order valence-corrected chi connectivity index (χ2v) is 9.83. The predicted octanol–water partition coefficient (Wildman–Crippen LogP) is 4.97. The Hall–Kier alpha value is -2.55. The molecular weight excluding hydrogens is 458 g/mol. The number of nitrogens with zero attached hydrogens (tertiary/aromatic N) is 4. The average Bonchev–Trinajstić information content (AvgIpc) is 3.25. The van der Waals surface area contributed by atoms with Gasteiger partial charge < -0.3 is 15.3 Å². The van der Waals surface area contributed by atoms with E-state index in [1.807, 2.05) is 32.0 Å². The molecule has 9 heteroatoms. The number of aryl methyl sites for hydroxylation is 2. The van der Waals surface area contributed by atoms with E-state index in [1.165, 1.54) is 11.3 Å². The van der Waals surface area contributed by atoms with Gasteiger partial charge in [-0.1, -0.05) is 35.1 Å². The Morgan fingerprint density at radius 3 is 2.79 bits per heavy atom. The molecule has 0 saturated carbocycles. The maximum atomic E-state index is 12.8. The Labute approximate surface area is 202 Å². The Kier molecular flexibility index (Phi) is 7.57. The first kappa shape index (κ1) is 23.6. The Morgan fingerprint density at radius 1 is 1.27 bits per heavy atom. The van der Waals surface area contributed by atoms with Crippen molar-refractivity contribution in [1.29, 1.82) is 0 Å². The molecule has 33 heavy (non-hydrogen) atoms. The zero-order valence-corrected chi connectivity index (χ0v) is 20.4. The fraction of sp³-hybridized carbons (Fsp3) is 0.417. The van der Waals surface area contributed by atoms with Crippen LogP contribution in [0, 0.1) is 19.8 Å². The first-order valence-electron chi connectivity index (χ1n) is 11.1. The van der Waals surface area contributed by atoms with E-state index in [2.05, 4.69) is 25.2 Å². The third kappa shape index (κ3) is 5.88. The molecular formula is C24H28ClN5O2S. The number of aromatic nitrogens is 3. The molecule has 3 heterocycles. The number of hydrogen-bond acceptors (Lipinski definition) is 8. The summed E-state index contributed by atoms with van der Waals surface area (Å²) in [5, 5.41) is 13.6. The van der Waals surface area contributed by atoms with Crippen LogP contribution < -0.4 is 10.2 Å². The summed E-state index contributed by atoms with van der Waals surface area (Å²) in [7, 11) is 0. The number of hydrogen-bond donors (Lipinski definition) is 2. The van der Waals surface area contributed by atoms with Gasteiger partial charge in [-0.3, -0.25) is 4.79 Å². The van der Waals surface area contributed by atoms with Crippen molar-refractivity contribution in [2.45, 2.75) is 39.5 Å². The monoisotopic (exact) mass is 485 g/mol. The van der Waals surface area contributed by atoms with Crippen LogP contribution in [-0.4, -0.2) is 45.5 Å². The van der Waals surface area contributed by atoms with Gasteiger partial charge in [-0.05, 0) is 56.2 Å². The second kappa shape index (κ2) is 10.6. The van der Waals surface area contributed by atoms with E-state index < -0.39 is 0 Å². The first-order valence-corrected chi connectivity index (χ1v) is 12.3. The van der Waals surface area contributed by atoms with Crippen molar-refractivity contribution in [1.82, 2.24) is 15.0 Å². The van der Waals surface area contributed by atoms with E-state index in [-0.39, 0.29) is 18.8 Å². The zero-order valence-electron chi connectivity index (χ0n) is 18.8. The first-order chi connectivity index (χ1) is 15.9. The average molecular weight is 486 g/mol. The number of benzene rings is 1. The molecule has 0 amide bonds. The molecule has 0 spiro atoms. The van der Waals surface area contributed by atoms with E-state index >= 15 is 0 Å². The molecule has 2 aromatic heterocycles. The third-order valence-electron chi connectivity index (χ3n) is 6.01. The van der Waals surface area contributed by atoms with Gasteiger partial charge in [0.15, 0.2) is 10.9 Å². The van der Waals surface area contributed by atoms with Gasteiger partial charge in [-0.25, -0.2) is 15.0 Å². The van der Waals surface area contributed by atoms with Crippen LogP contribution in [0.5, 0.6) is 0 Å². The number of aliphatic hydroxyl groups is 1. The summed E-state index contributed by atoms with van der Waals surface area (Å²) in [6.07, 6.45) is 4.81. The van der Waals surface area contributed by atoms with E-state index in [0.29, 0.717) is 32.6 Å². The largest absolute Gasteiger partial charge is 0.396 e. The summed E-state index contributed by atoms with van der Waals surface area (Å²) in [5.41, 5.74) is 1.86. The lowest BCUT2D eigenvalue weighted by atomic mass is 9.94. The number of halogens is 1. The van der Waals surface area contributed by atoms with Crippen LogP contribution in [0.4, 0.5) is 16.8 Å². The molecule has 1 aromatic carbocycles. The van der Waals surface area contributed by atoms with Crippen LogP contribution in [0.3, 0.4) is 0 Å². The van der Waals surface area contributed by atoms with Gasteiger partial charge in [0.05, 0.1) is 11.1 Å². The zero-order chi connectivity index (χ0) is 23.4. The fourth-order valence-corrected chi connectivity index (χ4v) is 5.17. The van der Waals surface area contributed by atoms with Gasteiger partial charge in [0.25, 0.3) is 0 Å². The Morgan fingerprint density at radius 2 is 2.06 bits per heavy atom. The van der Waals surface area contributed by atoms with Crippen molar-refractivity contribution >= 4 is 45.5 Å². The minimum Gasteiger partial charge on any atom is -0.396 e. The number of Topliss-reactive ketones (excluding diaryl/α,β-unsaturated/α-hetero) is 1. The highest BCUT2D eigenvalue weighted by molar-refractivity contribution is 7.17. The molecule has 2 N–H and O–H groups in total. The quantitative estimate of drug-likeness (QED) is 0.435. The van der Waals surface area contributed by atoms with Gasteiger partial charge in [-0.15, -0.1) is 0 Å². The summed E-state index contributed by atoms with van der Waals surface area (Å²) in [6.45, 7) is 5.91. The normalized spacial score (nSPS) is 14.5. The number of carbonyl (C=O) groups excluding carboxylic acids is 1. The van der Waals surface area contributed by atoms with Gasteiger partial charge in [0.2, 0.25) is 0 Å². The molecule has 4 rings (SSSR count). The van der Waals surface area contributed by atoms with Crippen LogP contribution in [0.1, 0.15) is 45.9 Å². The van der Waals surface area contributed by atoms with Crippen molar-refractivity contribution in [3.05, 3.63) is 57.3 Å². The smallest absolute Gasteiger partial charge is 0.188 e. The Balaban J connectivity index is 1.43. The summed E-state index contributed by atoms with van der Waals surface area (Å²) in [5.74, 6) is 2.78. The van der Waals surface area contributed by atoms with Crippen LogP contribution in [-0.2, 0) is 6.42 Å². The number of ketones is 1. The van der Waals surface area contributed by atoms with Gasteiger partial charge in [-0.2, -0.15) is 0 Å². The lowest BCUT2D eigenvalue weighted by molar-refractivity contribution is 0.0996. The third-order valence-corrected chi connectivity index (χ3v) is 7.31. The molecule has 1 aliphatic heterocycles.